The summed E-state index contributed by atoms with van der Waals surface area (Å²) < 4.78 is 43.1. The Labute approximate surface area is 173 Å². The number of nitrogens with zero attached hydrogens (tertiary/aromatic N) is 4. The van der Waals surface area contributed by atoms with Crippen LogP contribution in [0.3, 0.4) is 0 Å². The van der Waals surface area contributed by atoms with Crippen molar-refractivity contribution >= 4 is 18.0 Å². The Morgan fingerprint density at radius 2 is 2.07 bits per heavy atom. The van der Waals surface area contributed by atoms with Crippen LogP contribution in [-0.4, -0.2) is 72.3 Å². The fourth-order valence-corrected chi connectivity index (χ4v) is 2.87. The van der Waals surface area contributed by atoms with E-state index in [0.717, 1.165) is 25.1 Å². The van der Waals surface area contributed by atoms with Crippen LogP contribution in [0.2, 0.25) is 0 Å². The fraction of sp³-hybridized carbons (Fsp3) is 0.667. The molecular weight excluding hydrogens is 403 g/mol. The van der Waals surface area contributed by atoms with Crippen molar-refractivity contribution in [1.29, 1.82) is 0 Å². The number of amides is 1. The molecule has 1 aliphatic heterocycles. The Hall–Kier alpha value is -2.79. The van der Waals surface area contributed by atoms with Crippen molar-refractivity contribution in [1.82, 2.24) is 25.5 Å². The number of guanidine groups is 1. The van der Waals surface area contributed by atoms with E-state index in [1.165, 1.54) is 0 Å². The molecule has 1 aromatic rings. The van der Waals surface area contributed by atoms with E-state index in [4.69, 9.17) is 4.74 Å². The van der Waals surface area contributed by atoms with Crippen LogP contribution in [0.1, 0.15) is 32.4 Å². The predicted octanol–water partition coefficient (Wildman–Crippen LogP) is 2.08. The molecule has 1 saturated heterocycles. The quantitative estimate of drug-likeness (QED) is 0.345. The SMILES string of the molecule is CCNC(=NCCNc1nccc(C(F)(F)F)n1)NC1CCN(C(=O)OCC)CC1. The van der Waals surface area contributed by atoms with Gasteiger partial charge in [-0.3, -0.25) is 4.99 Å². The maximum absolute atomic E-state index is 12.7. The Morgan fingerprint density at radius 1 is 1.33 bits per heavy atom. The van der Waals surface area contributed by atoms with E-state index in [9.17, 15) is 18.0 Å². The molecule has 0 saturated carbocycles. The molecule has 1 amide bonds. The van der Waals surface area contributed by atoms with Gasteiger partial charge in [0.2, 0.25) is 5.95 Å². The molecule has 0 aliphatic carbocycles. The lowest BCUT2D eigenvalue weighted by Crippen LogP contribution is -2.50. The first-order valence-corrected chi connectivity index (χ1v) is 9.94. The summed E-state index contributed by atoms with van der Waals surface area (Å²) in [6.45, 7) is 6.53. The van der Waals surface area contributed by atoms with Gasteiger partial charge in [0.1, 0.15) is 5.69 Å². The van der Waals surface area contributed by atoms with E-state index in [0.29, 0.717) is 38.7 Å². The van der Waals surface area contributed by atoms with Crippen molar-refractivity contribution in [3.05, 3.63) is 18.0 Å². The van der Waals surface area contributed by atoms with Crippen LogP contribution >= 0.6 is 0 Å². The molecule has 3 N–H and O–H groups in total. The summed E-state index contributed by atoms with van der Waals surface area (Å²) in [6, 6.07) is 0.984. The number of alkyl halides is 3. The number of rotatable bonds is 7. The Balaban J connectivity index is 1.80. The summed E-state index contributed by atoms with van der Waals surface area (Å²) in [4.78, 5) is 25.1. The molecule has 0 atom stereocenters. The maximum atomic E-state index is 12.7. The minimum absolute atomic E-state index is 0.0932. The number of likely N-dealkylation sites (tertiary alicyclic amines) is 1. The summed E-state index contributed by atoms with van der Waals surface area (Å²) >= 11 is 0. The van der Waals surface area contributed by atoms with Crippen molar-refractivity contribution in [3.63, 3.8) is 0 Å². The van der Waals surface area contributed by atoms with E-state index in [2.05, 4.69) is 30.9 Å². The van der Waals surface area contributed by atoms with Gasteiger partial charge in [-0.1, -0.05) is 0 Å². The third-order valence-corrected chi connectivity index (χ3v) is 4.32. The van der Waals surface area contributed by atoms with Gasteiger partial charge in [0.15, 0.2) is 5.96 Å². The lowest BCUT2D eigenvalue weighted by molar-refractivity contribution is -0.141. The number of aliphatic imine (C=N–C) groups is 1. The Bertz CT molecular complexity index is 707. The average molecular weight is 431 g/mol. The van der Waals surface area contributed by atoms with E-state index in [1.54, 1.807) is 11.8 Å². The molecule has 2 heterocycles. The van der Waals surface area contributed by atoms with Crippen LogP contribution in [-0.2, 0) is 10.9 Å². The number of halogens is 3. The highest BCUT2D eigenvalue weighted by Gasteiger charge is 2.32. The first kappa shape index (κ1) is 23.5. The van der Waals surface area contributed by atoms with Gasteiger partial charge in [0, 0.05) is 38.4 Å². The van der Waals surface area contributed by atoms with Crippen molar-refractivity contribution in [2.75, 3.05) is 44.6 Å². The summed E-state index contributed by atoms with van der Waals surface area (Å²) in [5.41, 5.74) is -0.993. The second kappa shape index (κ2) is 11.4. The van der Waals surface area contributed by atoms with Crippen molar-refractivity contribution < 1.29 is 22.7 Å². The minimum Gasteiger partial charge on any atom is -0.450 e. The van der Waals surface area contributed by atoms with Gasteiger partial charge in [0.25, 0.3) is 0 Å². The van der Waals surface area contributed by atoms with Crippen LogP contribution in [0.15, 0.2) is 17.3 Å². The standard InChI is InChI=1S/C18H28F3N7O2/c1-3-22-15(26-13-6-11-28(12-7-13)17(29)30-4-2)24-9-10-25-16-23-8-5-14(27-16)18(19,20)21/h5,8,13H,3-4,6-7,9-12H2,1-2H3,(H2,22,24,26)(H,23,25,27). The van der Waals surface area contributed by atoms with Crippen molar-refractivity contribution in [2.45, 2.75) is 38.9 Å². The first-order chi connectivity index (χ1) is 14.3. The monoisotopic (exact) mass is 431 g/mol. The van der Waals surface area contributed by atoms with Crippen molar-refractivity contribution in [3.8, 4) is 0 Å². The molecule has 1 aliphatic rings. The van der Waals surface area contributed by atoms with Crippen LogP contribution in [0.5, 0.6) is 0 Å². The summed E-state index contributed by atoms with van der Waals surface area (Å²) in [5, 5.41) is 9.21. The predicted molar refractivity (Wildman–Crippen MR) is 106 cm³/mol. The summed E-state index contributed by atoms with van der Waals surface area (Å²) in [5.74, 6) is 0.517. The number of aromatic nitrogens is 2. The molecule has 9 nitrogen and oxygen atoms in total. The Morgan fingerprint density at radius 3 is 2.70 bits per heavy atom. The second-order valence-corrected chi connectivity index (χ2v) is 6.56. The molecule has 30 heavy (non-hydrogen) atoms. The first-order valence-electron chi connectivity index (χ1n) is 9.94. The third-order valence-electron chi connectivity index (χ3n) is 4.32. The van der Waals surface area contributed by atoms with Gasteiger partial charge in [0.05, 0.1) is 13.2 Å². The molecule has 0 spiro atoms. The average Bonchev–Trinajstić information content (AvgIpc) is 2.71. The zero-order chi connectivity index (χ0) is 22.0. The highest BCUT2D eigenvalue weighted by atomic mass is 19.4. The highest BCUT2D eigenvalue weighted by molar-refractivity contribution is 5.80. The number of hydrogen-bond acceptors (Lipinski definition) is 6. The van der Waals surface area contributed by atoms with Crippen LogP contribution in [0.4, 0.5) is 23.9 Å². The van der Waals surface area contributed by atoms with Gasteiger partial charge in [-0.25, -0.2) is 14.8 Å². The van der Waals surface area contributed by atoms with E-state index < -0.39 is 11.9 Å². The number of ether oxygens (including phenoxy) is 1. The van der Waals surface area contributed by atoms with Gasteiger partial charge < -0.3 is 25.6 Å². The largest absolute Gasteiger partial charge is 0.450 e. The molecule has 0 radical (unpaired) electrons. The van der Waals surface area contributed by atoms with Gasteiger partial charge in [-0.05, 0) is 32.8 Å². The maximum Gasteiger partial charge on any atom is 0.433 e. The fourth-order valence-electron chi connectivity index (χ4n) is 2.87. The smallest absolute Gasteiger partial charge is 0.433 e. The molecule has 168 valence electrons. The Kier molecular flexibility index (Phi) is 8.93. The zero-order valence-electron chi connectivity index (χ0n) is 17.1. The zero-order valence-corrected chi connectivity index (χ0v) is 17.1. The second-order valence-electron chi connectivity index (χ2n) is 6.56. The lowest BCUT2D eigenvalue weighted by Gasteiger charge is -2.32. The normalized spacial score (nSPS) is 15.6. The molecular formula is C18H28F3N7O2. The van der Waals surface area contributed by atoms with Crippen LogP contribution in [0, 0.1) is 0 Å². The van der Waals surface area contributed by atoms with Gasteiger partial charge >= 0.3 is 12.3 Å². The molecule has 12 heteroatoms. The van der Waals surface area contributed by atoms with Crippen LogP contribution < -0.4 is 16.0 Å². The molecule has 0 bridgehead atoms. The number of piperidine rings is 1. The molecule has 1 fully saturated rings. The number of nitrogens with one attached hydrogen (secondary N) is 3. The van der Waals surface area contributed by atoms with Gasteiger partial charge in [-0.15, -0.1) is 0 Å². The van der Waals surface area contributed by atoms with E-state index >= 15 is 0 Å². The molecule has 1 aromatic heterocycles. The summed E-state index contributed by atoms with van der Waals surface area (Å²) in [7, 11) is 0. The third kappa shape index (κ3) is 7.56. The minimum atomic E-state index is -4.51. The van der Waals surface area contributed by atoms with E-state index in [-0.39, 0.29) is 24.6 Å². The topological polar surface area (TPSA) is 104 Å². The van der Waals surface area contributed by atoms with Gasteiger partial charge in [-0.2, -0.15) is 13.2 Å². The van der Waals surface area contributed by atoms with E-state index in [1.807, 2.05) is 6.92 Å². The molecule has 2 rings (SSSR count). The number of anilines is 1. The molecule has 0 aromatic carbocycles. The van der Waals surface area contributed by atoms with Crippen molar-refractivity contribution in [2.24, 2.45) is 4.99 Å². The number of carbonyl (C=O) groups excluding carboxylic acids is 1. The number of carbonyl (C=O) groups is 1. The number of hydrogen-bond donors (Lipinski definition) is 3. The lowest BCUT2D eigenvalue weighted by atomic mass is 10.1. The summed E-state index contributed by atoms with van der Waals surface area (Å²) in [6.07, 6.45) is -2.21. The highest BCUT2D eigenvalue weighted by Crippen LogP contribution is 2.27. The van der Waals surface area contributed by atoms with Crippen LogP contribution in [0.25, 0.3) is 0 Å². The molecule has 0 unspecified atom stereocenters.